The van der Waals surface area contributed by atoms with Crippen molar-refractivity contribution in [2.45, 2.75) is 64.1 Å². The molecule has 2 aliphatic rings. The SMILES string of the molecule is CCCC1NN1C1CCCCC1. The molecule has 1 aliphatic carbocycles. The molecule has 2 unspecified atom stereocenters. The summed E-state index contributed by atoms with van der Waals surface area (Å²) in [6, 6.07) is 0.871. The van der Waals surface area contributed by atoms with Gasteiger partial charge in [0.2, 0.25) is 0 Å². The van der Waals surface area contributed by atoms with E-state index in [-0.39, 0.29) is 0 Å². The summed E-state index contributed by atoms with van der Waals surface area (Å²) in [6.07, 6.45) is 10.6. The van der Waals surface area contributed by atoms with Crippen LogP contribution < -0.4 is 5.43 Å². The number of rotatable bonds is 3. The summed E-state index contributed by atoms with van der Waals surface area (Å²) < 4.78 is 0. The lowest BCUT2D eigenvalue weighted by Crippen LogP contribution is -2.24. The molecule has 0 bridgehead atoms. The van der Waals surface area contributed by atoms with E-state index in [1.165, 1.54) is 44.9 Å². The van der Waals surface area contributed by atoms with E-state index in [1.807, 2.05) is 0 Å². The highest BCUT2D eigenvalue weighted by Crippen LogP contribution is 2.28. The summed E-state index contributed by atoms with van der Waals surface area (Å²) in [5.74, 6) is 0. The van der Waals surface area contributed by atoms with Crippen LogP contribution in [0, 0.1) is 0 Å². The number of hydrazine groups is 1. The standard InChI is InChI=1S/C10H20N2/c1-2-6-10-11-12(10)9-7-4-3-5-8-9/h9-11H,2-8H2,1H3. The van der Waals surface area contributed by atoms with Crippen molar-refractivity contribution in [1.82, 2.24) is 10.4 Å². The van der Waals surface area contributed by atoms with Gasteiger partial charge in [-0.2, -0.15) is 0 Å². The van der Waals surface area contributed by atoms with Gasteiger partial charge in [0, 0.05) is 6.04 Å². The molecule has 0 amide bonds. The Labute approximate surface area is 75.3 Å². The molecule has 12 heavy (non-hydrogen) atoms. The molecule has 70 valence electrons. The van der Waals surface area contributed by atoms with E-state index >= 15 is 0 Å². The fourth-order valence-corrected chi connectivity index (χ4v) is 2.33. The summed E-state index contributed by atoms with van der Waals surface area (Å²) in [5, 5.41) is 2.49. The van der Waals surface area contributed by atoms with Crippen molar-refractivity contribution in [3.8, 4) is 0 Å². The monoisotopic (exact) mass is 168 g/mol. The minimum atomic E-state index is 0.734. The average Bonchev–Trinajstić information content (AvgIpc) is 2.87. The molecule has 0 aromatic heterocycles. The van der Waals surface area contributed by atoms with Crippen LogP contribution in [0.2, 0.25) is 0 Å². The Balaban J connectivity index is 1.72. The Morgan fingerprint density at radius 2 is 2.00 bits per heavy atom. The first-order valence-corrected chi connectivity index (χ1v) is 5.46. The van der Waals surface area contributed by atoms with Crippen molar-refractivity contribution in [3.05, 3.63) is 0 Å². The van der Waals surface area contributed by atoms with Crippen LogP contribution in [0.25, 0.3) is 0 Å². The van der Waals surface area contributed by atoms with Gasteiger partial charge in [0.05, 0.1) is 6.17 Å². The normalized spacial score (nSPS) is 36.8. The second kappa shape index (κ2) is 3.75. The number of nitrogens with one attached hydrogen (secondary N) is 1. The van der Waals surface area contributed by atoms with Gasteiger partial charge in [-0.05, 0) is 19.3 Å². The Bertz CT molecular complexity index is 141. The predicted molar refractivity (Wildman–Crippen MR) is 50.5 cm³/mol. The maximum absolute atomic E-state index is 3.47. The zero-order valence-corrected chi connectivity index (χ0v) is 8.05. The van der Waals surface area contributed by atoms with Crippen LogP contribution >= 0.6 is 0 Å². The molecule has 0 radical (unpaired) electrons. The van der Waals surface area contributed by atoms with Gasteiger partial charge in [-0.15, -0.1) is 0 Å². The first kappa shape index (κ1) is 8.52. The third-order valence-corrected chi connectivity index (χ3v) is 3.10. The third kappa shape index (κ3) is 1.80. The van der Waals surface area contributed by atoms with Gasteiger partial charge >= 0.3 is 0 Å². The van der Waals surface area contributed by atoms with Crippen LogP contribution in [0.15, 0.2) is 0 Å². The molecular weight excluding hydrogens is 148 g/mol. The van der Waals surface area contributed by atoms with Crippen molar-refractivity contribution in [1.29, 1.82) is 0 Å². The minimum Gasteiger partial charge on any atom is -0.235 e. The van der Waals surface area contributed by atoms with Crippen molar-refractivity contribution in [2.75, 3.05) is 0 Å². The zero-order chi connectivity index (χ0) is 8.39. The first-order chi connectivity index (χ1) is 5.92. The Morgan fingerprint density at radius 1 is 1.25 bits per heavy atom. The molecule has 1 saturated heterocycles. The van der Waals surface area contributed by atoms with Gasteiger partial charge in [0.25, 0.3) is 0 Å². The lowest BCUT2D eigenvalue weighted by molar-refractivity contribution is 0.265. The van der Waals surface area contributed by atoms with Crippen LogP contribution in [-0.2, 0) is 0 Å². The summed E-state index contributed by atoms with van der Waals surface area (Å²) in [6.45, 7) is 2.26. The molecule has 2 heteroatoms. The second-order valence-electron chi connectivity index (χ2n) is 4.13. The fourth-order valence-electron chi connectivity index (χ4n) is 2.33. The molecule has 2 rings (SSSR count). The van der Waals surface area contributed by atoms with Crippen molar-refractivity contribution < 1.29 is 0 Å². The largest absolute Gasteiger partial charge is 0.235 e. The van der Waals surface area contributed by atoms with Crippen LogP contribution in [-0.4, -0.2) is 17.2 Å². The molecule has 2 fully saturated rings. The van der Waals surface area contributed by atoms with Crippen molar-refractivity contribution in [2.24, 2.45) is 0 Å². The lowest BCUT2D eigenvalue weighted by Gasteiger charge is -2.21. The zero-order valence-electron chi connectivity index (χ0n) is 8.05. The van der Waals surface area contributed by atoms with Gasteiger partial charge < -0.3 is 0 Å². The van der Waals surface area contributed by atoms with Crippen LogP contribution in [0.5, 0.6) is 0 Å². The molecule has 1 heterocycles. The van der Waals surface area contributed by atoms with Crippen molar-refractivity contribution >= 4 is 0 Å². The highest BCUT2D eigenvalue weighted by atomic mass is 15.8. The second-order valence-corrected chi connectivity index (χ2v) is 4.13. The summed E-state index contributed by atoms with van der Waals surface area (Å²) in [5.41, 5.74) is 3.47. The Kier molecular flexibility index (Phi) is 2.66. The minimum absolute atomic E-state index is 0.734. The van der Waals surface area contributed by atoms with Crippen molar-refractivity contribution in [3.63, 3.8) is 0 Å². The highest BCUT2D eigenvalue weighted by Gasteiger charge is 2.38. The van der Waals surface area contributed by atoms with Gasteiger partial charge in [-0.3, -0.25) is 0 Å². The van der Waals surface area contributed by atoms with Gasteiger partial charge in [0.15, 0.2) is 0 Å². The summed E-state index contributed by atoms with van der Waals surface area (Å²) >= 11 is 0. The van der Waals surface area contributed by atoms with Gasteiger partial charge in [0.1, 0.15) is 0 Å². The molecule has 0 aromatic rings. The summed E-state index contributed by atoms with van der Waals surface area (Å²) in [4.78, 5) is 0. The molecule has 0 spiro atoms. The quantitative estimate of drug-likeness (QED) is 0.654. The summed E-state index contributed by atoms with van der Waals surface area (Å²) in [7, 11) is 0. The lowest BCUT2D eigenvalue weighted by atomic mass is 9.95. The number of hydrogen-bond donors (Lipinski definition) is 1. The molecule has 1 saturated carbocycles. The van der Waals surface area contributed by atoms with Crippen LogP contribution in [0.3, 0.4) is 0 Å². The highest BCUT2D eigenvalue weighted by molar-refractivity contribution is 4.86. The Hall–Kier alpha value is -0.0800. The molecule has 0 aromatic carbocycles. The van der Waals surface area contributed by atoms with E-state index in [1.54, 1.807) is 0 Å². The third-order valence-electron chi connectivity index (χ3n) is 3.10. The van der Waals surface area contributed by atoms with E-state index in [9.17, 15) is 0 Å². The maximum Gasteiger partial charge on any atom is 0.0866 e. The van der Waals surface area contributed by atoms with Crippen LogP contribution in [0.4, 0.5) is 0 Å². The molecular formula is C10H20N2. The number of hydrogen-bond acceptors (Lipinski definition) is 2. The van der Waals surface area contributed by atoms with E-state index in [0.29, 0.717) is 0 Å². The first-order valence-electron chi connectivity index (χ1n) is 5.46. The topological polar surface area (TPSA) is 25.0 Å². The average molecular weight is 168 g/mol. The smallest absolute Gasteiger partial charge is 0.0866 e. The molecule has 2 atom stereocenters. The molecule has 1 N–H and O–H groups in total. The molecule has 1 aliphatic heterocycles. The van der Waals surface area contributed by atoms with E-state index in [2.05, 4.69) is 17.4 Å². The van der Waals surface area contributed by atoms with Crippen LogP contribution in [0.1, 0.15) is 51.9 Å². The van der Waals surface area contributed by atoms with E-state index in [0.717, 1.165) is 12.2 Å². The predicted octanol–water partition coefficient (Wildman–Crippen LogP) is 2.27. The molecule has 2 nitrogen and oxygen atoms in total. The number of nitrogens with zero attached hydrogens (tertiary/aromatic N) is 1. The fraction of sp³-hybridized carbons (Fsp3) is 1.00. The van der Waals surface area contributed by atoms with E-state index < -0.39 is 0 Å². The maximum atomic E-state index is 3.47. The van der Waals surface area contributed by atoms with Gasteiger partial charge in [-0.1, -0.05) is 32.6 Å². The Morgan fingerprint density at radius 3 is 2.67 bits per heavy atom. The van der Waals surface area contributed by atoms with E-state index in [4.69, 9.17) is 0 Å². The van der Waals surface area contributed by atoms with Gasteiger partial charge in [-0.25, -0.2) is 10.4 Å².